The average Bonchev–Trinajstić information content (AvgIpc) is 3.23. The molecule has 0 unspecified atom stereocenters. The number of nitrogens with two attached hydrogens (primary N) is 1. The van der Waals surface area contributed by atoms with Crippen LogP contribution >= 0.6 is 0 Å². The lowest BCUT2D eigenvalue weighted by Crippen LogP contribution is -2.33. The van der Waals surface area contributed by atoms with Crippen LogP contribution in [0.5, 0.6) is 0 Å². The van der Waals surface area contributed by atoms with Gasteiger partial charge in [-0.1, -0.05) is 38.1 Å². The van der Waals surface area contributed by atoms with E-state index >= 15 is 0 Å². The number of carbonyl (C=O) groups excluding carboxylic acids is 1. The summed E-state index contributed by atoms with van der Waals surface area (Å²) in [4.78, 5) is 12.2. The zero-order chi connectivity index (χ0) is 18.8. The average molecular weight is 359 g/mol. The third-order valence-electron chi connectivity index (χ3n) is 4.91. The number of hydrogen-bond acceptors (Lipinski definition) is 5. The Morgan fingerprint density at radius 1 is 1.38 bits per heavy atom. The van der Waals surface area contributed by atoms with E-state index in [9.17, 15) is 9.18 Å². The Bertz CT molecular complexity index is 727. The molecule has 1 aromatic carbocycles. The molecular formula is C20H26FN3O2. The molecule has 0 aromatic heterocycles. The molecule has 1 aromatic rings. The number of nitrogens with one attached hydrogen (secondary N) is 2. The van der Waals surface area contributed by atoms with Crippen molar-refractivity contribution in [2.75, 3.05) is 6.54 Å². The Balaban J connectivity index is 1.62. The van der Waals surface area contributed by atoms with E-state index in [1.807, 2.05) is 38.1 Å². The first-order valence-electron chi connectivity index (χ1n) is 9.09. The van der Waals surface area contributed by atoms with Crippen LogP contribution in [-0.2, 0) is 16.0 Å². The van der Waals surface area contributed by atoms with Crippen molar-refractivity contribution in [2.45, 2.75) is 51.4 Å². The minimum Gasteiger partial charge on any atom is -0.400 e. The van der Waals surface area contributed by atoms with Crippen LogP contribution in [-0.4, -0.2) is 30.2 Å². The maximum Gasteiger partial charge on any atom is 0.187 e. The molecule has 2 aliphatic rings. The predicted octanol–water partition coefficient (Wildman–Crippen LogP) is 2.81. The Morgan fingerprint density at radius 3 is 2.62 bits per heavy atom. The summed E-state index contributed by atoms with van der Waals surface area (Å²) in [5.41, 5.74) is 6.80. The highest BCUT2D eigenvalue weighted by Crippen LogP contribution is 2.36. The predicted molar refractivity (Wildman–Crippen MR) is 98.7 cm³/mol. The lowest BCUT2D eigenvalue weighted by Gasteiger charge is -2.23. The molecule has 2 bridgehead atoms. The van der Waals surface area contributed by atoms with Gasteiger partial charge in [0, 0.05) is 24.7 Å². The highest BCUT2D eigenvalue weighted by atomic mass is 19.1. The largest absolute Gasteiger partial charge is 0.400 e. The van der Waals surface area contributed by atoms with Crippen molar-refractivity contribution in [2.24, 2.45) is 11.7 Å². The number of rotatable bonds is 7. The molecule has 0 radical (unpaired) electrons. The van der Waals surface area contributed by atoms with Crippen molar-refractivity contribution in [3.05, 3.63) is 46.9 Å². The van der Waals surface area contributed by atoms with Crippen LogP contribution in [0.2, 0.25) is 0 Å². The number of Topliss-reactive ketones (excluding diaryl/α,β-unsaturated/α-hetero) is 1. The number of ether oxygens (including phenoxy) is 1. The molecule has 0 aliphatic carbocycles. The molecule has 3 rings (SSSR count). The Kier molecular flexibility index (Phi) is 5.53. The number of ketones is 1. The van der Waals surface area contributed by atoms with Crippen molar-refractivity contribution in [1.29, 1.82) is 5.41 Å². The summed E-state index contributed by atoms with van der Waals surface area (Å²) < 4.78 is 20.1. The van der Waals surface area contributed by atoms with Gasteiger partial charge in [-0.2, -0.15) is 0 Å². The first kappa shape index (κ1) is 18.7. The summed E-state index contributed by atoms with van der Waals surface area (Å²) in [6, 6.07) is 7.92. The third kappa shape index (κ3) is 4.02. The van der Waals surface area contributed by atoms with Gasteiger partial charge >= 0.3 is 0 Å². The summed E-state index contributed by atoms with van der Waals surface area (Å²) >= 11 is 0. The van der Waals surface area contributed by atoms with Crippen molar-refractivity contribution in [3.8, 4) is 0 Å². The molecule has 0 amide bonds. The van der Waals surface area contributed by atoms with Crippen LogP contribution in [0.15, 0.2) is 35.8 Å². The fourth-order valence-corrected chi connectivity index (χ4v) is 3.59. The SMILES string of the molecule is CC(C)CC(N)=C(F)C(=N)C(=O)Cc1ccc([C@@H]2O[C@H]3CN[C@@H]2C3)cc1. The van der Waals surface area contributed by atoms with E-state index in [0.717, 1.165) is 24.1 Å². The van der Waals surface area contributed by atoms with Gasteiger partial charge in [0.05, 0.1) is 12.2 Å². The minimum atomic E-state index is -0.901. The number of benzene rings is 1. The highest BCUT2D eigenvalue weighted by Gasteiger charge is 2.41. The number of carbonyl (C=O) groups is 1. The van der Waals surface area contributed by atoms with E-state index in [1.54, 1.807) is 0 Å². The van der Waals surface area contributed by atoms with Gasteiger partial charge in [0.2, 0.25) is 0 Å². The topological polar surface area (TPSA) is 88.2 Å². The quantitative estimate of drug-likeness (QED) is 0.653. The first-order valence-corrected chi connectivity index (χ1v) is 9.09. The molecule has 6 heteroatoms. The smallest absolute Gasteiger partial charge is 0.187 e. The van der Waals surface area contributed by atoms with Gasteiger partial charge in [-0.05, 0) is 29.9 Å². The van der Waals surface area contributed by atoms with Gasteiger partial charge in [-0.25, -0.2) is 4.39 Å². The number of halogens is 1. The van der Waals surface area contributed by atoms with Crippen LogP contribution in [0.1, 0.15) is 43.9 Å². The summed E-state index contributed by atoms with van der Waals surface area (Å²) in [6.07, 6.45) is 1.68. The molecule has 2 heterocycles. The molecule has 0 spiro atoms. The third-order valence-corrected chi connectivity index (χ3v) is 4.91. The van der Waals surface area contributed by atoms with Crippen molar-refractivity contribution in [1.82, 2.24) is 5.32 Å². The first-order chi connectivity index (χ1) is 12.3. The molecule has 2 fully saturated rings. The Morgan fingerprint density at radius 2 is 2.08 bits per heavy atom. The minimum absolute atomic E-state index is 0.0165. The normalized spacial score (nSPS) is 25.5. The number of allylic oxidation sites excluding steroid dienone is 2. The molecule has 26 heavy (non-hydrogen) atoms. The standard InChI is InChI=1S/C20H26FN3O2/c1-11(2)7-15(22)18(21)19(23)17(25)8-12-3-5-13(6-4-12)20-16-9-14(26-20)10-24-16/h3-6,11,14,16,20,23-24H,7-10,22H2,1-2H3/t14-,16-,20+/m1/s1. The fraction of sp³-hybridized carbons (Fsp3) is 0.500. The van der Waals surface area contributed by atoms with Gasteiger partial charge in [-0.3, -0.25) is 10.2 Å². The maximum absolute atomic E-state index is 14.1. The number of hydrogen-bond donors (Lipinski definition) is 3. The lowest BCUT2D eigenvalue weighted by atomic mass is 9.98. The van der Waals surface area contributed by atoms with Gasteiger partial charge in [-0.15, -0.1) is 0 Å². The second kappa shape index (κ2) is 7.68. The van der Waals surface area contributed by atoms with Crippen molar-refractivity contribution < 1.29 is 13.9 Å². The van der Waals surface area contributed by atoms with E-state index in [2.05, 4.69) is 5.32 Å². The van der Waals surface area contributed by atoms with Crippen molar-refractivity contribution in [3.63, 3.8) is 0 Å². The maximum atomic E-state index is 14.1. The molecule has 4 N–H and O–H groups in total. The molecule has 140 valence electrons. The van der Waals surface area contributed by atoms with Crippen LogP contribution < -0.4 is 11.1 Å². The summed E-state index contributed by atoms with van der Waals surface area (Å²) in [7, 11) is 0. The molecule has 2 aliphatic heterocycles. The van der Waals surface area contributed by atoms with E-state index in [4.69, 9.17) is 15.9 Å². The Hall–Kier alpha value is -2.05. The zero-order valence-electron chi connectivity index (χ0n) is 15.2. The monoisotopic (exact) mass is 359 g/mol. The summed E-state index contributed by atoms with van der Waals surface area (Å²) in [5.74, 6) is -1.31. The van der Waals surface area contributed by atoms with Crippen LogP contribution in [0, 0.1) is 11.3 Å². The molecule has 3 atom stereocenters. The van der Waals surface area contributed by atoms with Gasteiger partial charge in [0.25, 0.3) is 0 Å². The molecule has 2 saturated heterocycles. The van der Waals surface area contributed by atoms with E-state index < -0.39 is 17.3 Å². The lowest BCUT2D eigenvalue weighted by molar-refractivity contribution is -0.112. The van der Waals surface area contributed by atoms with Gasteiger partial charge in [0.15, 0.2) is 11.6 Å². The van der Waals surface area contributed by atoms with Gasteiger partial charge in [0.1, 0.15) is 5.71 Å². The van der Waals surface area contributed by atoms with Gasteiger partial charge < -0.3 is 15.8 Å². The molecular weight excluding hydrogens is 333 g/mol. The second-order valence-corrected chi connectivity index (χ2v) is 7.58. The van der Waals surface area contributed by atoms with Crippen LogP contribution in [0.4, 0.5) is 4.39 Å². The molecule has 5 nitrogen and oxygen atoms in total. The van der Waals surface area contributed by atoms with E-state index in [-0.39, 0.29) is 30.2 Å². The van der Waals surface area contributed by atoms with E-state index in [0.29, 0.717) is 12.5 Å². The highest BCUT2D eigenvalue weighted by molar-refractivity contribution is 6.44. The zero-order valence-corrected chi connectivity index (χ0v) is 15.2. The molecule has 0 saturated carbocycles. The second-order valence-electron chi connectivity index (χ2n) is 7.58. The Labute approximate surface area is 153 Å². The number of morpholine rings is 1. The number of fused-ring (bicyclic) bond motifs is 2. The summed E-state index contributed by atoms with van der Waals surface area (Å²) in [6.45, 7) is 4.72. The summed E-state index contributed by atoms with van der Waals surface area (Å²) in [5, 5.41) is 11.2. The van der Waals surface area contributed by atoms with Crippen LogP contribution in [0.25, 0.3) is 0 Å². The van der Waals surface area contributed by atoms with Crippen molar-refractivity contribution >= 4 is 11.5 Å². The van der Waals surface area contributed by atoms with E-state index in [1.165, 1.54) is 0 Å². The fourth-order valence-electron chi connectivity index (χ4n) is 3.59. The van der Waals surface area contributed by atoms with Crippen LogP contribution in [0.3, 0.4) is 0 Å².